The van der Waals surface area contributed by atoms with E-state index in [0.717, 1.165) is 0 Å². The van der Waals surface area contributed by atoms with E-state index in [4.69, 9.17) is 14.2 Å². The number of nitrogens with zero attached hydrogens (tertiary/aromatic N) is 1. The largest absolute Gasteiger partial charge is 0.507 e. The van der Waals surface area contributed by atoms with Gasteiger partial charge in [-0.2, -0.15) is 0 Å². The molecule has 3 rings (SSSR count). The Labute approximate surface area is 169 Å². The fourth-order valence-corrected chi connectivity index (χ4v) is 3.50. The minimum Gasteiger partial charge on any atom is -0.507 e. The highest BCUT2D eigenvalue weighted by Crippen LogP contribution is 2.43. The van der Waals surface area contributed by atoms with E-state index in [1.165, 1.54) is 26.2 Å². The van der Waals surface area contributed by atoms with Gasteiger partial charge in [-0.15, -0.1) is 0 Å². The Bertz CT molecular complexity index is 952. The summed E-state index contributed by atoms with van der Waals surface area (Å²) in [5, 5.41) is 11.1. The van der Waals surface area contributed by atoms with Gasteiger partial charge in [0.25, 0.3) is 11.7 Å². The quantitative estimate of drug-likeness (QED) is 0.439. The Morgan fingerprint density at radius 3 is 2.24 bits per heavy atom. The van der Waals surface area contributed by atoms with Crippen LogP contribution in [0.5, 0.6) is 11.5 Å². The summed E-state index contributed by atoms with van der Waals surface area (Å²) in [6.07, 6.45) is 0. The summed E-state index contributed by atoms with van der Waals surface area (Å²) in [6, 6.07) is 13.1. The van der Waals surface area contributed by atoms with Crippen LogP contribution >= 0.6 is 0 Å². The first-order chi connectivity index (χ1) is 14.0. The van der Waals surface area contributed by atoms with Crippen molar-refractivity contribution in [2.24, 2.45) is 0 Å². The lowest BCUT2D eigenvalue weighted by Gasteiger charge is -2.26. The second-order valence-corrected chi connectivity index (χ2v) is 6.43. The standard InChI is InChI=1S/C22H23NO6/c1-27-13-12-23-19(14-8-4-6-10-16(14)28-2)18(21(25)22(23)26)20(24)15-9-5-7-11-17(15)29-3/h4-11,19,24H,12-13H2,1-3H3/b20-18+. The van der Waals surface area contributed by atoms with Crippen LogP contribution in [-0.2, 0) is 14.3 Å². The van der Waals surface area contributed by atoms with Gasteiger partial charge in [0.05, 0.1) is 38.0 Å². The number of carbonyl (C=O) groups is 2. The van der Waals surface area contributed by atoms with E-state index in [9.17, 15) is 14.7 Å². The zero-order valence-corrected chi connectivity index (χ0v) is 16.5. The van der Waals surface area contributed by atoms with Crippen LogP contribution in [0.25, 0.3) is 5.76 Å². The molecule has 2 aromatic rings. The number of ether oxygens (including phenoxy) is 3. The highest BCUT2D eigenvalue weighted by Gasteiger charge is 2.47. The van der Waals surface area contributed by atoms with Crippen molar-refractivity contribution >= 4 is 17.4 Å². The smallest absolute Gasteiger partial charge is 0.295 e. The first kappa shape index (κ1) is 20.4. The van der Waals surface area contributed by atoms with Crippen LogP contribution in [0, 0.1) is 0 Å². The second-order valence-electron chi connectivity index (χ2n) is 6.43. The molecular formula is C22H23NO6. The van der Waals surface area contributed by atoms with Crippen molar-refractivity contribution in [1.29, 1.82) is 0 Å². The SMILES string of the molecule is COCCN1C(=O)C(=O)/C(=C(/O)c2ccccc2OC)C1c1ccccc1OC. The van der Waals surface area contributed by atoms with Crippen molar-refractivity contribution in [2.75, 3.05) is 34.5 Å². The summed E-state index contributed by atoms with van der Waals surface area (Å²) in [7, 11) is 4.50. The second kappa shape index (κ2) is 8.79. The van der Waals surface area contributed by atoms with Crippen LogP contribution in [0.2, 0.25) is 0 Å². The third kappa shape index (κ3) is 3.69. The van der Waals surface area contributed by atoms with E-state index >= 15 is 0 Å². The summed E-state index contributed by atoms with van der Waals surface area (Å²) in [5.74, 6) is -0.856. The Morgan fingerprint density at radius 2 is 1.59 bits per heavy atom. The third-order valence-electron chi connectivity index (χ3n) is 4.87. The van der Waals surface area contributed by atoms with Gasteiger partial charge >= 0.3 is 0 Å². The topological polar surface area (TPSA) is 85.3 Å². The lowest BCUT2D eigenvalue weighted by Crippen LogP contribution is -2.32. The molecular weight excluding hydrogens is 374 g/mol. The number of amides is 1. The first-order valence-electron chi connectivity index (χ1n) is 9.08. The van der Waals surface area contributed by atoms with Crippen LogP contribution in [0.1, 0.15) is 17.2 Å². The predicted molar refractivity (Wildman–Crippen MR) is 107 cm³/mol. The number of aliphatic hydroxyl groups is 1. The van der Waals surface area contributed by atoms with Crippen molar-refractivity contribution in [3.8, 4) is 11.5 Å². The maximum absolute atomic E-state index is 12.9. The maximum Gasteiger partial charge on any atom is 0.295 e. The van der Waals surface area contributed by atoms with Crippen molar-refractivity contribution < 1.29 is 28.9 Å². The number of para-hydroxylation sites is 2. The number of carbonyl (C=O) groups excluding carboxylic acids is 2. The van der Waals surface area contributed by atoms with Crippen LogP contribution in [-0.4, -0.2) is 56.2 Å². The fraction of sp³-hybridized carbons (Fsp3) is 0.273. The average molecular weight is 397 g/mol. The monoisotopic (exact) mass is 397 g/mol. The molecule has 2 aromatic carbocycles. The minimum atomic E-state index is -0.814. The molecule has 0 bridgehead atoms. The zero-order chi connectivity index (χ0) is 21.0. The molecule has 1 aliphatic rings. The van der Waals surface area contributed by atoms with Gasteiger partial charge in [0.2, 0.25) is 0 Å². The maximum atomic E-state index is 12.9. The van der Waals surface area contributed by atoms with E-state index < -0.39 is 17.7 Å². The van der Waals surface area contributed by atoms with Crippen LogP contribution < -0.4 is 9.47 Å². The van der Waals surface area contributed by atoms with Crippen LogP contribution in [0.4, 0.5) is 0 Å². The Kier molecular flexibility index (Phi) is 6.19. The fourth-order valence-electron chi connectivity index (χ4n) is 3.50. The molecule has 0 aliphatic carbocycles. The number of hydrogen-bond donors (Lipinski definition) is 1. The van der Waals surface area contributed by atoms with Gasteiger partial charge in [0, 0.05) is 19.2 Å². The molecule has 1 heterocycles. The normalized spacial score (nSPS) is 18.2. The number of aliphatic hydroxyl groups excluding tert-OH is 1. The molecule has 0 saturated carbocycles. The first-order valence-corrected chi connectivity index (χ1v) is 9.08. The molecule has 1 fully saturated rings. The van der Waals surface area contributed by atoms with E-state index in [0.29, 0.717) is 22.6 Å². The highest BCUT2D eigenvalue weighted by atomic mass is 16.5. The summed E-state index contributed by atoms with van der Waals surface area (Å²) >= 11 is 0. The molecule has 1 N–H and O–H groups in total. The molecule has 0 aromatic heterocycles. The van der Waals surface area contributed by atoms with E-state index in [2.05, 4.69) is 0 Å². The molecule has 1 atom stereocenters. The van der Waals surface area contributed by atoms with E-state index in [1.807, 2.05) is 0 Å². The van der Waals surface area contributed by atoms with Gasteiger partial charge < -0.3 is 24.2 Å². The molecule has 0 radical (unpaired) electrons. The number of Topliss-reactive ketones (excluding diaryl/α,β-unsaturated/α-hetero) is 1. The zero-order valence-electron chi connectivity index (χ0n) is 16.5. The molecule has 1 aliphatic heterocycles. The molecule has 1 amide bonds. The summed E-state index contributed by atoms with van der Waals surface area (Å²) in [6.45, 7) is 0.430. The molecule has 1 saturated heterocycles. The number of benzene rings is 2. The molecule has 0 spiro atoms. The summed E-state index contributed by atoms with van der Waals surface area (Å²) in [4.78, 5) is 27.1. The summed E-state index contributed by atoms with van der Waals surface area (Å²) < 4.78 is 15.9. The Hall–Kier alpha value is -3.32. The average Bonchev–Trinajstić information content (AvgIpc) is 3.01. The van der Waals surface area contributed by atoms with Crippen molar-refractivity contribution in [3.63, 3.8) is 0 Å². The Morgan fingerprint density at radius 1 is 0.966 bits per heavy atom. The summed E-state index contributed by atoms with van der Waals surface area (Å²) in [5.41, 5.74) is 0.918. The predicted octanol–water partition coefficient (Wildman–Crippen LogP) is 2.77. The molecule has 1 unspecified atom stereocenters. The number of methoxy groups -OCH3 is 3. The van der Waals surface area contributed by atoms with Crippen molar-refractivity contribution in [2.45, 2.75) is 6.04 Å². The van der Waals surface area contributed by atoms with Crippen molar-refractivity contribution in [3.05, 3.63) is 65.2 Å². The lowest BCUT2D eigenvalue weighted by atomic mass is 9.94. The number of likely N-dealkylation sites (tertiary alicyclic amines) is 1. The number of hydrogen-bond acceptors (Lipinski definition) is 6. The number of rotatable bonds is 7. The van der Waals surface area contributed by atoms with Gasteiger partial charge in [-0.1, -0.05) is 30.3 Å². The highest BCUT2D eigenvalue weighted by molar-refractivity contribution is 6.46. The minimum absolute atomic E-state index is 0.0138. The van der Waals surface area contributed by atoms with E-state index in [-0.39, 0.29) is 24.5 Å². The van der Waals surface area contributed by atoms with Gasteiger partial charge in [-0.25, -0.2) is 0 Å². The van der Waals surface area contributed by atoms with Gasteiger partial charge in [-0.05, 0) is 18.2 Å². The molecule has 7 heteroatoms. The molecule has 7 nitrogen and oxygen atoms in total. The van der Waals surface area contributed by atoms with E-state index in [1.54, 1.807) is 48.5 Å². The van der Waals surface area contributed by atoms with Gasteiger partial charge in [0.15, 0.2) is 0 Å². The number of ketones is 1. The Balaban J connectivity index is 2.24. The molecule has 29 heavy (non-hydrogen) atoms. The van der Waals surface area contributed by atoms with Crippen LogP contribution in [0.3, 0.4) is 0 Å². The molecule has 152 valence electrons. The van der Waals surface area contributed by atoms with Gasteiger partial charge in [-0.3, -0.25) is 9.59 Å². The lowest BCUT2D eigenvalue weighted by molar-refractivity contribution is -0.140. The van der Waals surface area contributed by atoms with Crippen molar-refractivity contribution in [1.82, 2.24) is 4.90 Å². The third-order valence-corrected chi connectivity index (χ3v) is 4.87. The van der Waals surface area contributed by atoms with Gasteiger partial charge in [0.1, 0.15) is 17.3 Å². The van der Waals surface area contributed by atoms with Crippen LogP contribution in [0.15, 0.2) is 54.1 Å².